The Morgan fingerprint density at radius 2 is 2.10 bits per heavy atom. The van der Waals surface area contributed by atoms with Crippen molar-refractivity contribution < 1.29 is 4.74 Å². The van der Waals surface area contributed by atoms with Gasteiger partial charge in [-0.2, -0.15) is 0 Å². The molecule has 2 aromatic heterocycles. The van der Waals surface area contributed by atoms with E-state index in [0.717, 1.165) is 22.9 Å². The van der Waals surface area contributed by atoms with Gasteiger partial charge in [0.25, 0.3) is 0 Å². The molecule has 0 saturated heterocycles. The lowest BCUT2D eigenvalue weighted by Gasteiger charge is -2.06. The van der Waals surface area contributed by atoms with Gasteiger partial charge in [0, 0.05) is 24.3 Å². The van der Waals surface area contributed by atoms with Crippen LogP contribution in [0.1, 0.15) is 12.6 Å². The van der Waals surface area contributed by atoms with Gasteiger partial charge >= 0.3 is 0 Å². The molecule has 0 amide bonds. The van der Waals surface area contributed by atoms with Crippen LogP contribution in [0.25, 0.3) is 5.78 Å². The summed E-state index contributed by atoms with van der Waals surface area (Å²) in [7, 11) is 0. The number of benzene rings is 1. The molecule has 3 aromatic rings. The predicted octanol–water partition coefficient (Wildman–Crippen LogP) is 2.74. The molecular formula is C15H16N4O. The van der Waals surface area contributed by atoms with Gasteiger partial charge in [-0.3, -0.25) is 4.40 Å². The Kier molecular flexibility index (Phi) is 3.50. The van der Waals surface area contributed by atoms with Gasteiger partial charge in [-0.15, -0.1) is 0 Å². The second-order valence-electron chi connectivity index (χ2n) is 4.37. The lowest BCUT2D eigenvalue weighted by molar-refractivity contribution is 0.340. The second-order valence-corrected chi connectivity index (χ2v) is 4.37. The van der Waals surface area contributed by atoms with E-state index in [1.54, 1.807) is 6.20 Å². The van der Waals surface area contributed by atoms with E-state index >= 15 is 0 Å². The van der Waals surface area contributed by atoms with Crippen molar-refractivity contribution in [2.45, 2.75) is 13.5 Å². The first-order valence-electron chi connectivity index (χ1n) is 6.60. The highest BCUT2D eigenvalue weighted by Gasteiger charge is 2.01. The third kappa shape index (κ3) is 2.71. The van der Waals surface area contributed by atoms with E-state index in [0.29, 0.717) is 13.2 Å². The molecule has 0 spiro atoms. The highest BCUT2D eigenvalue weighted by molar-refractivity contribution is 5.46. The maximum Gasteiger partial charge on any atom is 0.233 e. The van der Waals surface area contributed by atoms with Crippen LogP contribution in [-0.4, -0.2) is 21.0 Å². The van der Waals surface area contributed by atoms with Gasteiger partial charge in [0.15, 0.2) is 0 Å². The first-order chi connectivity index (χ1) is 9.85. The number of hydrogen-bond acceptors (Lipinski definition) is 4. The minimum atomic E-state index is 0.664. The van der Waals surface area contributed by atoms with Crippen LogP contribution < -0.4 is 10.1 Å². The number of hydrogen-bond donors (Lipinski definition) is 1. The molecule has 1 aromatic carbocycles. The third-order valence-electron chi connectivity index (χ3n) is 2.92. The summed E-state index contributed by atoms with van der Waals surface area (Å²) in [5, 5.41) is 3.33. The number of rotatable bonds is 5. The van der Waals surface area contributed by atoms with Gasteiger partial charge in [-0.25, -0.2) is 9.97 Å². The maximum atomic E-state index is 5.41. The molecule has 0 aliphatic heterocycles. The van der Waals surface area contributed by atoms with Crippen molar-refractivity contribution in [1.82, 2.24) is 14.4 Å². The fraction of sp³-hybridized carbons (Fsp3) is 0.200. The zero-order valence-electron chi connectivity index (χ0n) is 11.3. The summed E-state index contributed by atoms with van der Waals surface area (Å²) in [5.41, 5.74) is 2.00. The summed E-state index contributed by atoms with van der Waals surface area (Å²) in [6.07, 6.45) is 5.66. The van der Waals surface area contributed by atoms with Crippen molar-refractivity contribution in [3.63, 3.8) is 0 Å². The summed E-state index contributed by atoms with van der Waals surface area (Å²) in [6, 6.07) is 9.80. The lowest BCUT2D eigenvalue weighted by atomic mass is 10.3. The molecule has 0 atom stereocenters. The Balaban J connectivity index is 1.66. The molecule has 0 unspecified atom stereocenters. The van der Waals surface area contributed by atoms with E-state index in [1.807, 2.05) is 54.0 Å². The minimum absolute atomic E-state index is 0.664. The van der Waals surface area contributed by atoms with Crippen LogP contribution in [0.3, 0.4) is 0 Å². The Hall–Kier alpha value is -2.56. The van der Waals surface area contributed by atoms with E-state index < -0.39 is 0 Å². The Bertz CT molecular complexity index is 657. The molecule has 2 heterocycles. The highest BCUT2D eigenvalue weighted by atomic mass is 16.5. The van der Waals surface area contributed by atoms with E-state index in [1.165, 1.54) is 0 Å². The second kappa shape index (κ2) is 5.61. The molecule has 0 saturated carbocycles. The largest absolute Gasteiger partial charge is 0.494 e. The summed E-state index contributed by atoms with van der Waals surface area (Å²) >= 11 is 0. The van der Waals surface area contributed by atoms with Crippen LogP contribution >= 0.6 is 0 Å². The monoisotopic (exact) mass is 268 g/mol. The van der Waals surface area contributed by atoms with Crippen molar-refractivity contribution >= 4 is 11.5 Å². The Morgan fingerprint density at radius 3 is 2.85 bits per heavy atom. The quantitative estimate of drug-likeness (QED) is 0.773. The standard InChI is InChI=1S/C15H16N4O/c1-2-20-14-6-4-12(5-7-14)17-10-13-11-19-9-3-8-16-15(19)18-13/h3-9,11,17H,2,10H2,1H3. The number of imidazole rings is 1. The lowest BCUT2D eigenvalue weighted by Crippen LogP contribution is -1.99. The van der Waals surface area contributed by atoms with E-state index in [4.69, 9.17) is 4.74 Å². The first kappa shape index (κ1) is 12.5. The normalized spacial score (nSPS) is 10.7. The van der Waals surface area contributed by atoms with E-state index in [-0.39, 0.29) is 0 Å². The number of ether oxygens (including phenoxy) is 1. The number of anilines is 1. The van der Waals surface area contributed by atoms with Crippen LogP contribution in [0.4, 0.5) is 5.69 Å². The molecule has 0 fully saturated rings. The zero-order valence-corrected chi connectivity index (χ0v) is 11.3. The number of nitrogens with one attached hydrogen (secondary N) is 1. The highest BCUT2D eigenvalue weighted by Crippen LogP contribution is 2.16. The van der Waals surface area contributed by atoms with Gasteiger partial charge in [0.05, 0.1) is 18.8 Å². The molecule has 3 rings (SSSR count). The average molecular weight is 268 g/mol. The van der Waals surface area contributed by atoms with Crippen molar-refractivity contribution in [3.05, 3.63) is 54.6 Å². The minimum Gasteiger partial charge on any atom is -0.494 e. The van der Waals surface area contributed by atoms with Crippen molar-refractivity contribution in [1.29, 1.82) is 0 Å². The summed E-state index contributed by atoms with van der Waals surface area (Å²) in [6.45, 7) is 3.32. The predicted molar refractivity (Wildman–Crippen MR) is 77.9 cm³/mol. The first-order valence-corrected chi connectivity index (χ1v) is 6.60. The summed E-state index contributed by atoms with van der Waals surface area (Å²) in [5.74, 6) is 1.60. The molecule has 20 heavy (non-hydrogen) atoms. The number of aromatic nitrogens is 3. The smallest absolute Gasteiger partial charge is 0.233 e. The van der Waals surface area contributed by atoms with Crippen LogP contribution in [-0.2, 0) is 6.54 Å². The van der Waals surface area contributed by atoms with E-state index in [9.17, 15) is 0 Å². The van der Waals surface area contributed by atoms with Gasteiger partial charge in [0.2, 0.25) is 5.78 Å². The molecular weight excluding hydrogens is 252 g/mol. The van der Waals surface area contributed by atoms with Crippen molar-refractivity contribution in [2.24, 2.45) is 0 Å². The fourth-order valence-electron chi connectivity index (χ4n) is 1.99. The zero-order chi connectivity index (χ0) is 13.8. The third-order valence-corrected chi connectivity index (χ3v) is 2.92. The van der Waals surface area contributed by atoms with E-state index in [2.05, 4.69) is 15.3 Å². The average Bonchev–Trinajstić information content (AvgIpc) is 2.90. The number of fused-ring (bicyclic) bond motifs is 1. The SMILES string of the molecule is CCOc1ccc(NCc2cn3cccnc3n2)cc1. The molecule has 102 valence electrons. The maximum absolute atomic E-state index is 5.41. The Labute approximate surface area is 117 Å². The Morgan fingerprint density at radius 1 is 1.25 bits per heavy atom. The van der Waals surface area contributed by atoms with Gasteiger partial charge in [-0.1, -0.05) is 0 Å². The molecule has 0 radical (unpaired) electrons. The molecule has 5 heteroatoms. The molecule has 5 nitrogen and oxygen atoms in total. The van der Waals surface area contributed by atoms with Crippen molar-refractivity contribution in [2.75, 3.05) is 11.9 Å². The topological polar surface area (TPSA) is 51.5 Å². The fourth-order valence-corrected chi connectivity index (χ4v) is 1.99. The molecule has 0 aliphatic carbocycles. The molecule has 0 bridgehead atoms. The molecule has 1 N–H and O–H groups in total. The van der Waals surface area contributed by atoms with Crippen molar-refractivity contribution in [3.8, 4) is 5.75 Å². The van der Waals surface area contributed by atoms with Gasteiger partial charge in [0.1, 0.15) is 5.75 Å². The van der Waals surface area contributed by atoms with Crippen LogP contribution in [0.15, 0.2) is 48.9 Å². The van der Waals surface area contributed by atoms with Crippen LogP contribution in [0.2, 0.25) is 0 Å². The van der Waals surface area contributed by atoms with Crippen LogP contribution in [0, 0.1) is 0 Å². The summed E-state index contributed by atoms with van der Waals surface area (Å²) < 4.78 is 7.32. The van der Waals surface area contributed by atoms with Gasteiger partial charge in [-0.05, 0) is 37.3 Å². The van der Waals surface area contributed by atoms with Crippen LogP contribution in [0.5, 0.6) is 5.75 Å². The number of nitrogens with zero attached hydrogens (tertiary/aromatic N) is 3. The summed E-state index contributed by atoms with van der Waals surface area (Å²) in [4.78, 5) is 8.64. The molecule has 0 aliphatic rings. The van der Waals surface area contributed by atoms with Gasteiger partial charge < -0.3 is 10.1 Å².